The van der Waals surface area contributed by atoms with Crippen LogP contribution in [-0.2, 0) is 21.2 Å². The van der Waals surface area contributed by atoms with E-state index in [1.807, 2.05) is 24.3 Å². The molecule has 1 N–H and O–H groups in total. The molecule has 0 unspecified atom stereocenters. The Labute approximate surface area is 159 Å². The van der Waals surface area contributed by atoms with Gasteiger partial charge in [-0.1, -0.05) is 18.2 Å². The largest absolute Gasteiger partial charge is 0.496 e. The van der Waals surface area contributed by atoms with Gasteiger partial charge in [-0.2, -0.15) is 0 Å². The lowest BCUT2D eigenvalue weighted by atomic mass is 10.1. The van der Waals surface area contributed by atoms with Crippen molar-refractivity contribution in [1.29, 1.82) is 0 Å². The van der Waals surface area contributed by atoms with Crippen molar-refractivity contribution >= 4 is 21.6 Å². The smallest absolute Gasteiger partial charge is 0.232 e. The minimum absolute atomic E-state index is 0.00360. The quantitative estimate of drug-likeness (QED) is 0.708. The molecule has 0 spiro atoms. The molecule has 0 saturated carbocycles. The highest BCUT2D eigenvalue weighted by Crippen LogP contribution is 2.19. The van der Waals surface area contributed by atoms with E-state index < -0.39 is 15.8 Å². The SMILES string of the molecule is COc1ccccc1CCNC(=O)CCN(c1ccc(F)cc1)S(C)(=O)=O. The number of carbonyl (C=O) groups is 1. The van der Waals surface area contributed by atoms with Crippen molar-refractivity contribution in [3.63, 3.8) is 0 Å². The summed E-state index contributed by atoms with van der Waals surface area (Å²) in [5.41, 5.74) is 1.30. The van der Waals surface area contributed by atoms with Gasteiger partial charge in [-0.05, 0) is 42.3 Å². The minimum Gasteiger partial charge on any atom is -0.496 e. The first-order valence-corrected chi connectivity index (χ1v) is 10.3. The molecule has 1 amide bonds. The summed E-state index contributed by atoms with van der Waals surface area (Å²) in [6.07, 6.45) is 1.65. The Morgan fingerprint density at radius 1 is 1.15 bits per heavy atom. The first-order valence-electron chi connectivity index (χ1n) is 8.43. The molecule has 0 atom stereocenters. The number of sulfonamides is 1. The summed E-state index contributed by atoms with van der Waals surface area (Å²) in [7, 11) is -1.99. The highest BCUT2D eigenvalue weighted by atomic mass is 32.2. The number of amides is 1. The second kappa shape index (κ2) is 9.36. The Bertz CT molecular complexity index is 870. The van der Waals surface area contributed by atoms with Gasteiger partial charge in [0.25, 0.3) is 0 Å². The van der Waals surface area contributed by atoms with Crippen LogP contribution in [-0.4, -0.2) is 40.8 Å². The van der Waals surface area contributed by atoms with Gasteiger partial charge in [0.05, 0.1) is 19.1 Å². The molecule has 8 heteroatoms. The number of anilines is 1. The van der Waals surface area contributed by atoms with Crippen LogP contribution >= 0.6 is 0 Å². The van der Waals surface area contributed by atoms with E-state index in [1.165, 1.54) is 24.3 Å². The van der Waals surface area contributed by atoms with Gasteiger partial charge in [-0.15, -0.1) is 0 Å². The predicted molar refractivity (Wildman–Crippen MR) is 103 cm³/mol. The van der Waals surface area contributed by atoms with Crippen molar-refractivity contribution in [1.82, 2.24) is 5.32 Å². The number of methoxy groups -OCH3 is 1. The zero-order chi connectivity index (χ0) is 19.9. The molecule has 0 saturated heterocycles. The van der Waals surface area contributed by atoms with Gasteiger partial charge in [0, 0.05) is 19.5 Å². The Balaban J connectivity index is 1.89. The summed E-state index contributed by atoms with van der Waals surface area (Å²) in [5.74, 6) is 0.0354. The molecule has 2 rings (SSSR count). The molecule has 0 fully saturated rings. The van der Waals surface area contributed by atoms with E-state index >= 15 is 0 Å². The van der Waals surface area contributed by atoms with Crippen molar-refractivity contribution < 1.29 is 22.3 Å². The Morgan fingerprint density at radius 3 is 2.44 bits per heavy atom. The van der Waals surface area contributed by atoms with Crippen LogP contribution in [0.2, 0.25) is 0 Å². The van der Waals surface area contributed by atoms with Gasteiger partial charge in [0.1, 0.15) is 11.6 Å². The highest BCUT2D eigenvalue weighted by molar-refractivity contribution is 7.92. The number of hydrogen-bond acceptors (Lipinski definition) is 4. The normalized spacial score (nSPS) is 11.1. The number of nitrogens with zero attached hydrogens (tertiary/aromatic N) is 1. The molecular weight excluding hydrogens is 371 g/mol. The van der Waals surface area contributed by atoms with Crippen molar-refractivity contribution in [3.05, 3.63) is 59.9 Å². The van der Waals surface area contributed by atoms with Crippen LogP contribution in [0.4, 0.5) is 10.1 Å². The van der Waals surface area contributed by atoms with E-state index in [1.54, 1.807) is 7.11 Å². The maximum atomic E-state index is 13.1. The number of para-hydroxylation sites is 1. The van der Waals surface area contributed by atoms with Gasteiger partial charge < -0.3 is 10.1 Å². The van der Waals surface area contributed by atoms with Crippen LogP contribution in [0.25, 0.3) is 0 Å². The molecule has 27 heavy (non-hydrogen) atoms. The molecule has 0 aliphatic heterocycles. The standard InChI is InChI=1S/C19H23FN2O4S/c1-26-18-6-4-3-5-15(18)11-13-21-19(23)12-14-22(27(2,24)25)17-9-7-16(20)8-10-17/h3-10H,11-14H2,1-2H3,(H,21,23). The average Bonchev–Trinajstić information content (AvgIpc) is 2.62. The zero-order valence-corrected chi connectivity index (χ0v) is 16.1. The number of benzene rings is 2. The van der Waals surface area contributed by atoms with Crippen molar-refractivity contribution in [2.75, 3.05) is 30.8 Å². The summed E-state index contributed by atoms with van der Waals surface area (Å²) >= 11 is 0. The Morgan fingerprint density at radius 2 is 1.81 bits per heavy atom. The second-order valence-electron chi connectivity index (χ2n) is 5.97. The van der Waals surface area contributed by atoms with Crippen LogP contribution in [0.5, 0.6) is 5.75 Å². The zero-order valence-electron chi connectivity index (χ0n) is 15.3. The number of rotatable bonds is 9. The van der Waals surface area contributed by atoms with Crippen LogP contribution in [0, 0.1) is 5.82 Å². The molecule has 2 aromatic carbocycles. The summed E-state index contributed by atoms with van der Waals surface area (Å²) in [5, 5.41) is 2.77. The monoisotopic (exact) mass is 394 g/mol. The Hall–Kier alpha value is -2.61. The van der Waals surface area contributed by atoms with E-state index in [0.29, 0.717) is 18.7 Å². The van der Waals surface area contributed by atoms with E-state index in [-0.39, 0.29) is 18.9 Å². The van der Waals surface area contributed by atoms with Crippen LogP contribution in [0.15, 0.2) is 48.5 Å². The third kappa shape index (κ3) is 6.25. The maximum Gasteiger partial charge on any atom is 0.232 e. The first-order chi connectivity index (χ1) is 12.8. The van der Waals surface area contributed by atoms with E-state index in [0.717, 1.165) is 21.9 Å². The van der Waals surface area contributed by atoms with Gasteiger partial charge in [-0.3, -0.25) is 9.10 Å². The van der Waals surface area contributed by atoms with E-state index in [4.69, 9.17) is 4.74 Å². The van der Waals surface area contributed by atoms with Crippen molar-refractivity contribution in [2.45, 2.75) is 12.8 Å². The highest BCUT2D eigenvalue weighted by Gasteiger charge is 2.18. The summed E-state index contributed by atoms with van der Waals surface area (Å²) in [6, 6.07) is 12.6. The second-order valence-corrected chi connectivity index (χ2v) is 7.88. The molecule has 6 nitrogen and oxygen atoms in total. The molecule has 0 radical (unpaired) electrons. The van der Waals surface area contributed by atoms with Gasteiger partial charge in [0.15, 0.2) is 0 Å². The van der Waals surface area contributed by atoms with Crippen LogP contribution in [0.1, 0.15) is 12.0 Å². The van der Waals surface area contributed by atoms with Gasteiger partial charge in [0.2, 0.25) is 15.9 Å². The predicted octanol–water partition coefficient (Wildman–Crippen LogP) is 2.35. The number of ether oxygens (including phenoxy) is 1. The summed E-state index contributed by atoms with van der Waals surface area (Å²) in [6.45, 7) is 0.388. The summed E-state index contributed by atoms with van der Waals surface area (Å²) < 4.78 is 43.4. The molecule has 0 aliphatic rings. The fourth-order valence-corrected chi connectivity index (χ4v) is 3.56. The molecule has 0 aliphatic carbocycles. The topological polar surface area (TPSA) is 75.7 Å². The lowest BCUT2D eigenvalue weighted by Gasteiger charge is -2.22. The van der Waals surface area contributed by atoms with Gasteiger partial charge >= 0.3 is 0 Å². The fraction of sp³-hybridized carbons (Fsp3) is 0.316. The minimum atomic E-state index is -3.58. The Kier molecular flexibility index (Phi) is 7.18. The number of hydrogen-bond donors (Lipinski definition) is 1. The first kappa shape index (κ1) is 20.7. The average molecular weight is 394 g/mol. The van der Waals surface area contributed by atoms with E-state index in [9.17, 15) is 17.6 Å². The summed E-state index contributed by atoms with van der Waals surface area (Å²) in [4.78, 5) is 12.1. The molecule has 2 aromatic rings. The lowest BCUT2D eigenvalue weighted by Crippen LogP contribution is -2.35. The number of carbonyl (C=O) groups excluding carboxylic acids is 1. The number of halogens is 1. The van der Waals surface area contributed by atoms with Crippen molar-refractivity contribution in [3.8, 4) is 5.75 Å². The molecule has 0 bridgehead atoms. The van der Waals surface area contributed by atoms with E-state index in [2.05, 4.69) is 5.32 Å². The van der Waals surface area contributed by atoms with Crippen LogP contribution in [0.3, 0.4) is 0 Å². The van der Waals surface area contributed by atoms with Crippen molar-refractivity contribution in [2.24, 2.45) is 0 Å². The van der Waals surface area contributed by atoms with Gasteiger partial charge in [-0.25, -0.2) is 12.8 Å². The van der Waals surface area contributed by atoms with Crippen LogP contribution < -0.4 is 14.4 Å². The lowest BCUT2D eigenvalue weighted by molar-refractivity contribution is -0.120. The third-order valence-electron chi connectivity index (χ3n) is 3.97. The molecule has 0 heterocycles. The molecule has 146 valence electrons. The third-order valence-corrected chi connectivity index (χ3v) is 5.16. The maximum absolute atomic E-state index is 13.1. The molecular formula is C19H23FN2O4S. The number of nitrogens with one attached hydrogen (secondary N) is 1. The molecule has 0 aromatic heterocycles. The fourth-order valence-electron chi connectivity index (χ4n) is 2.63.